The van der Waals surface area contributed by atoms with E-state index in [0.29, 0.717) is 18.9 Å². The molecular formula is C14H20N4O3S. The molecule has 8 heteroatoms. The minimum Gasteiger partial charge on any atom is -0.322 e. The Morgan fingerprint density at radius 2 is 2.27 bits per heavy atom. The maximum atomic E-state index is 12.7. The summed E-state index contributed by atoms with van der Waals surface area (Å²) in [4.78, 5) is 17.3. The Labute approximate surface area is 129 Å². The highest BCUT2D eigenvalue weighted by Gasteiger charge is 2.47. The molecule has 1 heterocycles. The number of hydrogen-bond acceptors (Lipinski definition) is 5. The molecule has 0 saturated heterocycles. The summed E-state index contributed by atoms with van der Waals surface area (Å²) in [6, 6.07) is -0.429. The van der Waals surface area contributed by atoms with Crippen LogP contribution in [0.4, 0.5) is 4.79 Å². The summed E-state index contributed by atoms with van der Waals surface area (Å²) in [5.74, 6) is 0.744. The van der Waals surface area contributed by atoms with Gasteiger partial charge in [-0.25, -0.2) is 18.2 Å². The number of fused-ring (bicyclic) bond motifs is 2. The van der Waals surface area contributed by atoms with E-state index >= 15 is 0 Å². The van der Waals surface area contributed by atoms with Crippen molar-refractivity contribution in [1.82, 2.24) is 19.7 Å². The van der Waals surface area contributed by atoms with Crippen molar-refractivity contribution in [2.75, 3.05) is 13.6 Å². The second-order valence-electron chi connectivity index (χ2n) is 6.18. The van der Waals surface area contributed by atoms with Crippen LogP contribution in [0.15, 0.2) is 24.1 Å². The van der Waals surface area contributed by atoms with Crippen molar-refractivity contribution in [2.45, 2.75) is 36.1 Å². The molecule has 120 valence electrons. The average Bonchev–Trinajstić information content (AvgIpc) is 3.22. The van der Waals surface area contributed by atoms with Gasteiger partial charge >= 0.3 is 6.03 Å². The molecule has 0 aromatic carbocycles. The number of carbonyl (C=O) groups excluding carboxylic acids is 1. The van der Waals surface area contributed by atoms with Crippen LogP contribution in [0.1, 0.15) is 25.7 Å². The normalized spacial score (nSPS) is 27.0. The van der Waals surface area contributed by atoms with Crippen molar-refractivity contribution >= 4 is 15.9 Å². The largest absolute Gasteiger partial charge is 0.346 e. The highest BCUT2D eigenvalue weighted by atomic mass is 32.2. The van der Waals surface area contributed by atoms with Crippen LogP contribution in [0.25, 0.3) is 0 Å². The summed E-state index contributed by atoms with van der Waals surface area (Å²) in [6.45, 7) is 3.91. The molecule has 1 amide bonds. The van der Waals surface area contributed by atoms with Gasteiger partial charge in [0.2, 0.25) is 9.84 Å². The van der Waals surface area contributed by atoms with Crippen molar-refractivity contribution in [3.63, 3.8) is 0 Å². The minimum absolute atomic E-state index is 0.223. The van der Waals surface area contributed by atoms with E-state index in [-0.39, 0.29) is 16.3 Å². The second kappa shape index (κ2) is 5.49. The van der Waals surface area contributed by atoms with Gasteiger partial charge in [0.1, 0.15) is 6.33 Å². The Morgan fingerprint density at radius 3 is 2.86 bits per heavy atom. The van der Waals surface area contributed by atoms with Crippen LogP contribution < -0.4 is 0 Å². The number of carbonyl (C=O) groups is 1. The second-order valence-corrected chi connectivity index (χ2v) is 8.24. The molecule has 2 fully saturated rings. The Bertz CT molecular complexity index is 697. The van der Waals surface area contributed by atoms with Crippen LogP contribution in [0.5, 0.6) is 0 Å². The fourth-order valence-electron chi connectivity index (χ4n) is 3.62. The molecule has 0 N–H and O–H groups in total. The van der Waals surface area contributed by atoms with E-state index in [1.165, 1.54) is 11.2 Å². The van der Waals surface area contributed by atoms with Crippen molar-refractivity contribution in [2.24, 2.45) is 11.8 Å². The van der Waals surface area contributed by atoms with Crippen molar-refractivity contribution in [3.8, 4) is 0 Å². The zero-order chi connectivity index (χ0) is 15.9. The monoisotopic (exact) mass is 324 g/mol. The van der Waals surface area contributed by atoms with Crippen molar-refractivity contribution < 1.29 is 13.2 Å². The summed E-state index contributed by atoms with van der Waals surface area (Å²) < 4.78 is 26.3. The Morgan fingerprint density at radius 1 is 1.50 bits per heavy atom. The topological polar surface area (TPSA) is 85.2 Å². The van der Waals surface area contributed by atoms with Gasteiger partial charge in [0.15, 0.2) is 0 Å². The molecule has 2 saturated carbocycles. The third-order valence-corrected chi connectivity index (χ3v) is 6.79. The summed E-state index contributed by atoms with van der Waals surface area (Å²) >= 11 is 0. The van der Waals surface area contributed by atoms with E-state index < -0.39 is 15.9 Å². The smallest absolute Gasteiger partial charge is 0.322 e. The fourth-order valence-corrected chi connectivity index (χ4v) is 5.56. The summed E-state index contributed by atoms with van der Waals surface area (Å²) in [5, 5.41) is 3.29. The van der Waals surface area contributed by atoms with Gasteiger partial charge in [0, 0.05) is 13.6 Å². The number of aromatic nitrogens is 3. The lowest BCUT2D eigenvalue weighted by molar-refractivity contribution is 0.211. The molecule has 0 aliphatic heterocycles. The molecule has 2 aliphatic carbocycles. The fraction of sp³-hybridized carbons (Fsp3) is 0.643. The van der Waals surface area contributed by atoms with Gasteiger partial charge in [-0.15, -0.1) is 11.7 Å². The number of rotatable bonds is 4. The molecule has 2 bridgehead atoms. The van der Waals surface area contributed by atoms with E-state index in [4.69, 9.17) is 0 Å². The Kier molecular flexibility index (Phi) is 3.80. The quantitative estimate of drug-likeness (QED) is 0.780. The van der Waals surface area contributed by atoms with Crippen molar-refractivity contribution in [3.05, 3.63) is 19.0 Å². The average molecular weight is 324 g/mol. The van der Waals surface area contributed by atoms with Gasteiger partial charge in [-0.2, -0.15) is 4.68 Å². The molecule has 3 atom stereocenters. The van der Waals surface area contributed by atoms with Gasteiger partial charge in [-0.3, -0.25) is 0 Å². The van der Waals surface area contributed by atoms with Crippen LogP contribution in [-0.4, -0.2) is 53.0 Å². The van der Waals surface area contributed by atoms with Crippen LogP contribution in [0.3, 0.4) is 0 Å². The maximum absolute atomic E-state index is 12.7. The molecule has 0 radical (unpaired) electrons. The highest BCUT2D eigenvalue weighted by molar-refractivity contribution is 7.91. The molecule has 2 aliphatic rings. The number of likely N-dealkylation sites (N-methyl/N-ethyl adjacent to an activating group) is 1. The lowest BCUT2D eigenvalue weighted by atomic mass is 10.0. The zero-order valence-corrected chi connectivity index (χ0v) is 13.4. The Balaban J connectivity index is 1.81. The van der Waals surface area contributed by atoms with Crippen LogP contribution >= 0.6 is 0 Å². The summed E-state index contributed by atoms with van der Waals surface area (Å²) in [5.41, 5.74) is 0. The molecule has 0 spiro atoms. The lowest BCUT2D eigenvalue weighted by Gasteiger charge is -2.19. The molecule has 22 heavy (non-hydrogen) atoms. The molecule has 3 rings (SSSR count). The van der Waals surface area contributed by atoms with Gasteiger partial charge in [0.25, 0.3) is 5.16 Å². The lowest BCUT2D eigenvalue weighted by Crippen LogP contribution is -2.32. The van der Waals surface area contributed by atoms with E-state index in [1.54, 1.807) is 13.1 Å². The van der Waals surface area contributed by atoms with E-state index in [1.807, 2.05) is 0 Å². The first-order chi connectivity index (χ1) is 10.4. The maximum Gasteiger partial charge on any atom is 0.346 e. The SMILES string of the molecule is C=CCN(C)C(=O)n1cnc(S(=O)(=O)C2CC3CCC2C3)n1. The molecular weight excluding hydrogens is 304 g/mol. The molecule has 1 aromatic rings. The Hall–Kier alpha value is -1.70. The minimum atomic E-state index is -3.55. The van der Waals surface area contributed by atoms with Crippen LogP contribution in [0.2, 0.25) is 0 Å². The van der Waals surface area contributed by atoms with Gasteiger partial charge in [0.05, 0.1) is 5.25 Å². The third kappa shape index (κ3) is 2.45. The molecule has 7 nitrogen and oxygen atoms in total. The van der Waals surface area contributed by atoms with E-state index in [9.17, 15) is 13.2 Å². The van der Waals surface area contributed by atoms with Crippen molar-refractivity contribution in [1.29, 1.82) is 0 Å². The standard InChI is InChI=1S/C14H20N4O3S/c1-3-6-17(2)14(19)18-9-15-13(16-18)22(20,21)12-8-10-4-5-11(12)7-10/h3,9-12H,1,4-8H2,2H3. The molecule has 3 unspecified atom stereocenters. The predicted molar refractivity (Wildman–Crippen MR) is 80.1 cm³/mol. The third-order valence-electron chi connectivity index (χ3n) is 4.72. The number of hydrogen-bond donors (Lipinski definition) is 0. The van der Waals surface area contributed by atoms with Gasteiger partial charge < -0.3 is 4.90 Å². The molecule has 1 aromatic heterocycles. The zero-order valence-electron chi connectivity index (χ0n) is 12.6. The number of nitrogens with zero attached hydrogens (tertiary/aromatic N) is 4. The summed E-state index contributed by atoms with van der Waals surface area (Å²) in [6.07, 6.45) is 6.54. The van der Waals surface area contributed by atoms with Crippen LogP contribution in [0, 0.1) is 11.8 Å². The number of amides is 1. The summed E-state index contributed by atoms with van der Waals surface area (Å²) in [7, 11) is -1.96. The van der Waals surface area contributed by atoms with Gasteiger partial charge in [-0.1, -0.05) is 12.5 Å². The van der Waals surface area contributed by atoms with E-state index in [0.717, 1.165) is 23.9 Å². The first-order valence-corrected chi connectivity index (χ1v) is 9.00. The predicted octanol–water partition coefficient (Wildman–Crippen LogP) is 1.33. The number of sulfone groups is 1. The highest BCUT2D eigenvalue weighted by Crippen LogP contribution is 2.48. The van der Waals surface area contributed by atoms with E-state index in [2.05, 4.69) is 16.7 Å². The first kappa shape index (κ1) is 15.2. The first-order valence-electron chi connectivity index (χ1n) is 7.45. The van der Waals surface area contributed by atoms with Crippen LogP contribution in [-0.2, 0) is 9.84 Å². The van der Waals surface area contributed by atoms with Gasteiger partial charge in [-0.05, 0) is 31.1 Å².